The van der Waals surface area contributed by atoms with Gasteiger partial charge in [-0.3, -0.25) is 0 Å². The molecule has 1 fully saturated rings. The van der Waals surface area contributed by atoms with Gasteiger partial charge in [0.15, 0.2) is 23.3 Å². The summed E-state index contributed by atoms with van der Waals surface area (Å²) >= 11 is 0. The molecule has 1 saturated heterocycles. The van der Waals surface area contributed by atoms with Crippen molar-refractivity contribution in [3.8, 4) is 0 Å². The first-order valence-electron chi connectivity index (χ1n) is 7.35. The van der Waals surface area contributed by atoms with Crippen LogP contribution < -0.4 is 10.2 Å². The van der Waals surface area contributed by atoms with Crippen molar-refractivity contribution in [2.75, 3.05) is 29.9 Å². The maximum atomic E-state index is 14.1. The smallest absolute Gasteiger partial charge is 0.168 e. The minimum Gasteiger partial charge on any atom is -0.369 e. The average Bonchev–Trinajstić information content (AvgIpc) is 2.35. The molecule has 21 heavy (non-hydrogen) atoms. The van der Waals surface area contributed by atoms with E-state index in [1.165, 1.54) is 0 Å². The molecule has 0 radical (unpaired) electrons. The van der Waals surface area contributed by atoms with E-state index in [1.54, 1.807) is 0 Å². The summed E-state index contributed by atoms with van der Waals surface area (Å²) in [5.74, 6) is -1.02. The lowest BCUT2D eigenvalue weighted by Crippen LogP contribution is -2.52. The van der Waals surface area contributed by atoms with Crippen molar-refractivity contribution in [3.63, 3.8) is 0 Å². The number of hydrogen-bond acceptors (Lipinski definition) is 4. The number of pyridine rings is 1. The maximum absolute atomic E-state index is 14.1. The summed E-state index contributed by atoms with van der Waals surface area (Å²) in [5.41, 5.74) is -0.392. The molecule has 0 saturated carbocycles. The number of nitrogens with one attached hydrogen (secondary N) is 1. The van der Waals surface area contributed by atoms with Crippen molar-refractivity contribution in [2.24, 2.45) is 0 Å². The number of nitrogens with zero attached hydrogens (tertiary/aromatic N) is 2. The minimum atomic E-state index is -0.662. The van der Waals surface area contributed by atoms with Crippen molar-refractivity contribution < 1.29 is 13.5 Å². The molecule has 1 aliphatic heterocycles. The van der Waals surface area contributed by atoms with Crippen LogP contribution in [0.2, 0.25) is 0 Å². The number of morpholine rings is 1. The van der Waals surface area contributed by atoms with Crippen molar-refractivity contribution in [3.05, 3.63) is 17.7 Å². The number of anilines is 2. The van der Waals surface area contributed by atoms with E-state index in [-0.39, 0.29) is 17.7 Å². The van der Waals surface area contributed by atoms with Crippen LogP contribution in [0, 0.1) is 11.6 Å². The van der Waals surface area contributed by atoms with Crippen LogP contribution in [0.15, 0.2) is 6.07 Å². The molecule has 1 atom stereocenters. The first-order valence-corrected chi connectivity index (χ1v) is 7.35. The quantitative estimate of drug-likeness (QED) is 0.926. The summed E-state index contributed by atoms with van der Waals surface area (Å²) in [6.45, 7) is 9.46. The maximum Gasteiger partial charge on any atom is 0.168 e. The molecule has 1 N–H and O–H groups in total. The SMILES string of the molecule is CCCNc1nc(N2CC(C)OC(C)(C)C2)c(F)cc1F. The third-order valence-electron chi connectivity index (χ3n) is 3.32. The summed E-state index contributed by atoms with van der Waals surface area (Å²) in [5, 5.41) is 2.89. The lowest BCUT2D eigenvalue weighted by molar-refractivity contribution is -0.0753. The van der Waals surface area contributed by atoms with Crippen LogP contribution >= 0.6 is 0 Å². The summed E-state index contributed by atoms with van der Waals surface area (Å²) in [7, 11) is 0. The second kappa shape index (κ2) is 6.13. The molecule has 1 unspecified atom stereocenters. The number of halogens is 2. The van der Waals surface area contributed by atoms with Crippen LogP contribution in [-0.4, -0.2) is 36.3 Å². The predicted molar refractivity (Wildman–Crippen MR) is 79.8 cm³/mol. The topological polar surface area (TPSA) is 37.4 Å². The summed E-state index contributed by atoms with van der Waals surface area (Å²) < 4.78 is 33.6. The van der Waals surface area contributed by atoms with E-state index in [4.69, 9.17) is 4.74 Å². The zero-order chi connectivity index (χ0) is 15.6. The zero-order valence-electron chi connectivity index (χ0n) is 13.0. The molecule has 1 aliphatic rings. The Kier molecular flexibility index (Phi) is 4.66. The Morgan fingerprint density at radius 1 is 1.43 bits per heavy atom. The number of rotatable bonds is 4. The van der Waals surface area contributed by atoms with E-state index < -0.39 is 17.2 Å². The summed E-state index contributed by atoms with van der Waals surface area (Å²) in [4.78, 5) is 5.96. The highest BCUT2D eigenvalue weighted by Crippen LogP contribution is 2.28. The molecule has 6 heteroatoms. The molecule has 0 amide bonds. The molecule has 4 nitrogen and oxygen atoms in total. The van der Waals surface area contributed by atoms with E-state index in [9.17, 15) is 8.78 Å². The first kappa shape index (κ1) is 15.9. The van der Waals surface area contributed by atoms with Crippen LogP contribution in [-0.2, 0) is 4.74 Å². The Morgan fingerprint density at radius 3 is 2.76 bits per heavy atom. The van der Waals surface area contributed by atoms with Gasteiger partial charge in [-0.15, -0.1) is 0 Å². The fourth-order valence-corrected chi connectivity index (χ4v) is 2.66. The second-order valence-corrected chi connectivity index (χ2v) is 6.12. The van der Waals surface area contributed by atoms with Gasteiger partial charge in [0.25, 0.3) is 0 Å². The fourth-order valence-electron chi connectivity index (χ4n) is 2.66. The van der Waals surface area contributed by atoms with Crippen molar-refractivity contribution in [1.29, 1.82) is 0 Å². The Balaban J connectivity index is 2.29. The highest BCUT2D eigenvalue weighted by molar-refractivity contribution is 5.50. The molecule has 1 aromatic rings. The molecule has 1 aromatic heterocycles. The van der Waals surface area contributed by atoms with Crippen LogP contribution in [0.25, 0.3) is 0 Å². The third kappa shape index (κ3) is 3.81. The molecule has 0 aliphatic carbocycles. The molecular formula is C15H23F2N3O. The second-order valence-electron chi connectivity index (χ2n) is 6.12. The summed E-state index contributed by atoms with van der Waals surface area (Å²) in [6, 6.07) is 0.896. The fraction of sp³-hybridized carbons (Fsp3) is 0.667. The Labute approximate surface area is 124 Å². The van der Waals surface area contributed by atoms with E-state index in [0.717, 1.165) is 12.5 Å². The largest absolute Gasteiger partial charge is 0.369 e. The van der Waals surface area contributed by atoms with Gasteiger partial charge in [0.1, 0.15) is 0 Å². The highest BCUT2D eigenvalue weighted by Gasteiger charge is 2.33. The van der Waals surface area contributed by atoms with Crippen LogP contribution in [0.5, 0.6) is 0 Å². The van der Waals surface area contributed by atoms with E-state index in [2.05, 4.69) is 10.3 Å². The van der Waals surface area contributed by atoms with E-state index in [1.807, 2.05) is 32.6 Å². The standard InChI is InChI=1S/C15H23F2N3O/c1-5-6-18-13-11(16)7-12(17)14(19-13)20-8-10(2)21-15(3,4)9-20/h7,10H,5-6,8-9H2,1-4H3,(H,18,19). The van der Waals surface area contributed by atoms with Gasteiger partial charge in [-0.2, -0.15) is 0 Å². The van der Waals surface area contributed by atoms with Crippen LogP contribution in [0.3, 0.4) is 0 Å². The zero-order valence-corrected chi connectivity index (χ0v) is 13.0. The van der Waals surface area contributed by atoms with Gasteiger partial charge in [0, 0.05) is 25.7 Å². The van der Waals surface area contributed by atoms with Crippen LogP contribution in [0.1, 0.15) is 34.1 Å². The normalized spacial score (nSPS) is 21.4. The minimum absolute atomic E-state index is 0.0351. The van der Waals surface area contributed by atoms with Gasteiger partial charge in [0.05, 0.1) is 11.7 Å². The molecule has 0 aromatic carbocycles. The molecule has 0 spiro atoms. The molecule has 0 bridgehead atoms. The molecule has 2 rings (SSSR count). The lowest BCUT2D eigenvalue weighted by atomic mass is 10.1. The Morgan fingerprint density at radius 2 is 2.14 bits per heavy atom. The number of hydrogen-bond donors (Lipinski definition) is 1. The van der Waals surface area contributed by atoms with Gasteiger partial charge in [-0.05, 0) is 27.2 Å². The third-order valence-corrected chi connectivity index (χ3v) is 3.32. The molecule has 2 heterocycles. The first-order chi connectivity index (χ1) is 9.82. The number of ether oxygens (including phenoxy) is 1. The van der Waals surface area contributed by atoms with Crippen molar-refractivity contribution >= 4 is 11.6 Å². The van der Waals surface area contributed by atoms with Crippen molar-refractivity contribution in [1.82, 2.24) is 4.98 Å². The summed E-state index contributed by atoms with van der Waals surface area (Å²) in [6.07, 6.45) is 0.808. The van der Waals surface area contributed by atoms with E-state index >= 15 is 0 Å². The average molecular weight is 299 g/mol. The van der Waals surface area contributed by atoms with E-state index in [0.29, 0.717) is 19.6 Å². The van der Waals surface area contributed by atoms with Gasteiger partial charge in [-0.1, -0.05) is 6.92 Å². The Bertz CT molecular complexity index is 508. The van der Waals surface area contributed by atoms with Crippen LogP contribution in [0.4, 0.5) is 20.4 Å². The Hall–Kier alpha value is -1.43. The van der Waals surface area contributed by atoms with Crippen molar-refractivity contribution in [2.45, 2.75) is 45.8 Å². The van der Waals surface area contributed by atoms with Gasteiger partial charge >= 0.3 is 0 Å². The monoisotopic (exact) mass is 299 g/mol. The molecular weight excluding hydrogens is 276 g/mol. The molecule has 118 valence electrons. The lowest BCUT2D eigenvalue weighted by Gasteiger charge is -2.42. The van der Waals surface area contributed by atoms with Gasteiger partial charge in [0.2, 0.25) is 0 Å². The predicted octanol–water partition coefficient (Wildman–Crippen LogP) is 3.19. The highest BCUT2D eigenvalue weighted by atomic mass is 19.1. The van der Waals surface area contributed by atoms with Gasteiger partial charge in [-0.25, -0.2) is 13.8 Å². The van der Waals surface area contributed by atoms with Gasteiger partial charge < -0.3 is 15.0 Å². The number of aromatic nitrogens is 1.